The molecule has 0 radical (unpaired) electrons. The quantitative estimate of drug-likeness (QED) is 0.139. The number of benzene rings is 2. The molecule has 0 aliphatic rings. The summed E-state index contributed by atoms with van der Waals surface area (Å²) in [5.74, 6) is -4.51. The van der Waals surface area contributed by atoms with Gasteiger partial charge in [0.25, 0.3) is 5.91 Å². The average Bonchev–Trinajstić information content (AvgIpc) is 3.40. The van der Waals surface area contributed by atoms with Gasteiger partial charge in [-0.05, 0) is 92.9 Å². The molecule has 0 spiro atoms. The highest BCUT2D eigenvalue weighted by Gasteiger charge is 2.35. The molecule has 51 heavy (non-hydrogen) atoms. The number of aliphatic carboxylic acids is 1. The molecule has 0 bridgehead atoms. The maximum Gasteiger partial charge on any atom is 0.433 e. The number of hydrogen-bond donors (Lipinski definition) is 3. The van der Waals surface area contributed by atoms with E-state index >= 15 is 4.39 Å². The normalized spacial score (nSPS) is 13.0. The molecule has 15 heteroatoms. The summed E-state index contributed by atoms with van der Waals surface area (Å²) in [7, 11) is 5.24. The van der Waals surface area contributed by atoms with Gasteiger partial charge in [-0.1, -0.05) is 19.9 Å². The summed E-state index contributed by atoms with van der Waals surface area (Å²) in [5, 5.41) is 20.3. The van der Waals surface area contributed by atoms with Crippen LogP contribution in [0.1, 0.15) is 65.5 Å². The molecule has 2 aromatic carbocycles. The van der Waals surface area contributed by atoms with Crippen LogP contribution in [0.2, 0.25) is 0 Å². The van der Waals surface area contributed by atoms with Crippen molar-refractivity contribution in [1.82, 2.24) is 30.3 Å². The summed E-state index contributed by atoms with van der Waals surface area (Å²) in [4.78, 5) is 44.7. The zero-order chi connectivity index (χ0) is 37.8. The third-order valence-electron chi connectivity index (χ3n) is 8.16. The first kappa shape index (κ1) is 38.7. The van der Waals surface area contributed by atoms with E-state index in [2.05, 4.69) is 20.7 Å². The molecule has 0 fully saturated rings. The van der Waals surface area contributed by atoms with Gasteiger partial charge in [0, 0.05) is 30.7 Å². The fraction of sp³-hybridized carbons (Fsp3) is 0.417. The van der Waals surface area contributed by atoms with E-state index in [1.165, 1.54) is 6.07 Å². The van der Waals surface area contributed by atoms with Crippen molar-refractivity contribution in [3.8, 4) is 17.0 Å². The number of aryl methyl sites for hydroxylation is 3. The zero-order valence-corrected chi connectivity index (χ0v) is 29.5. The number of alkyl halides is 3. The number of ether oxygens (including phenoxy) is 1. The first-order valence-corrected chi connectivity index (χ1v) is 16.3. The van der Waals surface area contributed by atoms with Crippen molar-refractivity contribution < 1.29 is 41.8 Å². The highest BCUT2D eigenvalue weighted by molar-refractivity contribution is 5.99. The Kier molecular flexibility index (Phi) is 12.1. The standard InChI is InChI=1S/C36H42F4N6O5/c1-19(2)14-28(42-33(49)23-9-11-29(36(38,39)40)43-35(23)51-13-12-45(5)6)34(50)41-27(17-30(47)48)24-16-22(15-21(4)32(24)37)31-20(3)8-10-26-25(31)18-46(7)44-26/h8-11,15-16,18-19,27-28H,12-14,17H2,1-7H3,(H,41,50)(H,42,49)(H,47,48)/t27-,28-/m0/s1. The Morgan fingerprint density at radius 2 is 1.75 bits per heavy atom. The Balaban J connectivity index is 1.69. The lowest BCUT2D eigenvalue weighted by atomic mass is 9.91. The van der Waals surface area contributed by atoms with Crippen molar-refractivity contribution in [2.24, 2.45) is 13.0 Å². The van der Waals surface area contributed by atoms with Crippen LogP contribution in [0.25, 0.3) is 22.0 Å². The van der Waals surface area contributed by atoms with Crippen LogP contribution >= 0.6 is 0 Å². The Bertz CT molecular complexity index is 1920. The van der Waals surface area contributed by atoms with Crippen LogP contribution in [0.3, 0.4) is 0 Å². The number of rotatable bonds is 14. The molecule has 0 saturated carbocycles. The number of carbonyl (C=O) groups excluding carboxylic acids is 2. The Hall–Kier alpha value is -5.05. The van der Waals surface area contributed by atoms with Gasteiger partial charge in [0.2, 0.25) is 11.8 Å². The summed E-state index contributed by atoms with van der Waals surface area (Å²) >= 11 is 0. The number of hydrogen-bond acceptors (Lipinski definition) is 7. The van der Waals surface area contributed by atoms with Gasteiger partial charge in [0.15, 0.2) is 0 Å². The van der Waals surface area contributed by atoms with Crippen LogP contribution in [0.5, 0.6) is 5.88 Å². The van der Waals surface area contributed by atoms with Gasteiger partial charge < -0.3 is 25.4 Å². The van der Waals surface area contributed by atoms with Crippen LogP contribution in [0.15, 0.2) is 42.6 Å². The number of aromatic nitrogens is 3. The molecule has 274 valence electrons. The van der Waals surface area contributed by atoms with Crippen molar-refractivity contribution in [3.05, 3.63) is 76.4 Å². The number of carboxylic acid groups (broad SMARTS) is 1. The lowest BCUT2D eigenvalue weighted by Gasteiger charge is -2.25. The molecule has 3 N–H and O–H groups in total. The number of carboxylic acids is 1. The van der Waals surface area contributed by atoms with Crippen molar-refractivity contribution >= 4 is 28.7 Å². The topological polar surface area (TPSA) is 139 Å². The third-order valence-corrected chi connectivity index (χ3v) is 8.16. The molecule has 0 saturated heterocycles. The molecule has 11 nitrogen and oxygen atoms in total. The fourth-order valence-corrected chi connectivity index (χ4v) is 5.73. The Morgan fingerprint density at radius 3 is 2.37 bits per heavy atom. The second kappa shape index (κ2) is 15.9. The largest absolute Gasteiger partial charge is 0.481 e. The van der Waals surface area contributed by atoms with Crippen molar-refractivity contribution in [2.75, 3.05) is 27.2 Å². The van der Waals surface area contributed by atoms with E-state index in [0.29, 0.717) is 23.7 Å². The zero-order valence-electron chi connectivity index (χ0n) is 29.5. The summed E-state index contributed by atoms with van der Waals surface area (Å²) in [6, 6.07) is 5.81. The van der Waals surface area contributed by atoms with Gasteiger partial charge in [-0.25, -0.2) is 9.37 Å². The van der Waals surface area contributed by atoms with E-state index < -0.39 is 59.9 Å². The minimum Gasteiger partial charge on any atom is -0.481 e. The molecule has 0 aliphatic carbocycles. The number of nitrogens with one attached hydrogen (secondary N) is 2. The van der Waals surface area contributed by atoms with Crippen molar-refractivity contribution in [3.63, 3.8) is 0 Å². The first-order valence-electron chi connectivity index (χ1n) is 16.3. The number of fused-ring (bicyclic) bond motifs is 1. The number of carbonyl (C=O) groups is 3. The second-order valence-electron chi connectivity index (χ2n) is 13.2. The number of pyridine rings is 1. The minimum atomic E-state index is -4.80. The molecule has 4 rings (SSSR count). The lowest BCUT2D eigenvalue weighted by Crippen LogP contribution is -2.48. The summed E-state index contributed by atoms with van der Waals surface area (Å²) in [6.45, 7) is 7.23. The molecule has 0 unspecified atom stereocenters. The molecule has 2 amide bonds. The van der Waals surface area contributed by atoms with E-state index in [1.807, 2.05) is 25.3 Å². The molecular formula is C36H42F4N6O5. The molecule has 4 aromatic rings. The van der Waals surface area contributed by atoms with Gasteiger partial charge in [-0.3, -0.25) is 19.1 Å². The summed E-state index contributed by atoms with van der Waals surface area (Å²) in [6.07, 6.45) is -3.60. The van der Waals surface area contributed by atoms with Gasteiger partial charge in [0.1, 0.15) is 29.7 Å². The molecule has 0 aliphatic heterocycles. The maximum atomic E-state index is 15.9. The molecule has 2 heterocycles. The van der Waals surface area contributed by atoms with Gasteiger partial charge in [-0.2, -0.15) is 18.3 Å². The minimum absolute atomic E-state index is 0.0615. The smallest absolute Gasteiger partial charge is 0.433 e. The lowest BCUT2D eigenvalue weighted by molar-refractivity contribution is -0.141. The predicted octanol–water partition coefficient (Wildman–Crippen LogP) is 5.83. The third kappa shape index (κ3) is 9.60. The summed E-state index contributed by atoms with van der Waals surface area (Å²) < 4.78 is 63.4. The van der Waals surface area contributed by atoms with Crippen LogP contribution < -0.4 is 15.4 Å². The van der Waals surface area contributed by atoms with E-state index in [4.69, 9.17) is 4.74 Å². The first-order chi connectivity index (χ1) is 23.8. The van der Waals surface area contributed by atoms with E-state index in [-0.39, 0.29) is 35.6 Å². The van der Waals surface area contributed by atoms with E-state index in [1.54, 1.807) is 57.6 Å². The Morgan fingerprint density at radius 1 is 1.04 bits per heavy atom. The van der Waals surface area contributed by atoms with Crippen LogP contribution in [-0.4, -0.2) is 75.8 Å². The van der Waals surface area contributed by atoms with Crippen molar-refractivity contribution in [2.45, 2.75) is 58.8 Å². The van der Waals surface area contributed by atoms with Gasteiger partial charge >= 0.3 is 12.1 Å². The maximum absolute atomic E-state index is 15.9. The fourth-order valence-electron chi connectivity index (χ4n) is 5.73. The van der Waals surface area contributed by atoms with Crippen LogP contribution in [-0.2, 0) is 22.8 Å². The molecule has 2 aromatic heterocycles. The van der Waals surface area contributed by atoms with E-state index in [0.717, 1.165) is 22.6 Å². The SMILES string of the molecule is Cc1cc(-c2c(C)ccc3nn(C)cc23)cc([C@H](CC(=O)O)NC(=O)[C@H](CC(C)C)NC(=O)c2ccc(C(F)(F)F)nc2OCCN(C)C)c1F. The molecule has 2 atom stereocenters. The highest BCUT2D eigenvalue weighted by atomic mass is 19.4. The second-order valence-corrected chi connectivity index (χ2v) is 13.2. The highest BCUT2D eigenvalue weighted by Crippen LogP contribution is 2.36. The van der Waals surface area contributed by atoms with Crippen molar-refractivity contribution in [1.29, 1.82) is 0 Å². The number of likely N-dealkylation sites (N-methyl/N-ethyl adjacent to an activating group) is 1. The average molecular weight is 715 g/mol. The Labute approximate surface area is 293 Å². The van der Waals surface area contributed by atoms with Gasteiger partial charge in [0.05, 0.1) is 18.0 Å². The monoisotopic (exact) mass is 714 g/mol. The number of halogens is 4. The number of nitrogens with zero attached hydrogens (tertiary/aromatic N) is 4. The summed E-state index contributed by atoms with van der Waals surface area (Å²) in [5.41, 5.74) is 1.49. The van der Waals surface area contributed by atoms with Crippen LogP contribution in [0, 0.1) is 25.6 Å². The van der Waals surface area contributed by atoms with E-state index in [9.17, 15) is 32.7 Å². The van der Waals surface area contributed by atoms with Crippen LogP contribution in [0.4, 0.5) is 17.6 Å². The number of amides is 2. The molecular weight excluding hydrogens is 672 g/mol. The predicted molar refractivity (Wildman–Crippen MR) is 183 cm³/mol. The van der Waals surface area contributed by atoms with Gasteiger partial charge in [-0.15, -0.1) is 0 Å².